The third kappa shape index (κ3) is 2.79. The Balaban J connectivity index is 3.27. The van der Waals surface area contributed by atoms with Crippen molar-refractivity contribution in [3.63, 3.8) is 0 Å². The lowest BCUT2D eigenvalue weighted by Gasteiger charge is -2.19. The molecule has 0 fully saturated rings. The van der Waals surface area contributed by atoms with Gasteiger partial charge in [-0.15, -0.1) is 0 Å². The van der Waals surface area contributed by atoms with E-state index in [4.69, 9.17) is 0 Å². The molecule has 1 aromatic rings. The molecule has 0 aromatic heterocycles. The molecular weight excluding hydrogens is 210 g/mol. The van der Waals surface area contributed by atoms with E-state index in [1.54, 1.807) is 18.2 Å². The lowest BCUT2D eigenvalue weighted by atomic mass is 9.87. The first-order valence-corrected chi connectivity index (χ1v) is 6.30. The fourth-order valence-corrected chi connectivity index (χ4v) is 2.02. The standard InChI is InChI=1S/C11H17NO2S/c1-11(2,3)9-6-5-7-10(8-9)15(13,14)12-4/h5-8,12H,1-4H3. The molecule has 1 N–H and O–H groups in total. The Kier molecular flexibility index (Phi) is 3.21. The molecule has 3 nitrogen and oxygen atoms in total. The molecule has 1 aromatic carbocycles. The fourth-order valence-electron chi connectivity index (χ4n) is 1.25. The van der Waals surface area contributed by atoms with E-state index >= 15 is 0 Å². The minimum Gasteiger partial charge on any atom is -0.214 e. The van der Waals surface area contributed by atoms with Crippen LogP contribution in [0.2, 0.25) is 0 Å². The molecular formula is C11H17NO2S. The molecule has 1 rings (SSSR count). The monoisotopic (exact) mass is 227 g/mol. The van der Waals surface area contributed by atoms with Crippen LogP contribution < -0.4 is 4.72 Å². The number of benzene rings is 1. The minimum atomic E-state index is -3.33. The van der Waals surface area contributed by atoms with Crippen molar-refractivity contribution in [3.05, 3.63) is 29.8 Å². The molecule has 0 amide bonds. The molecule has 0 unspecified atom stereocenters. The zero-order valence-corrected chi connectivity index (χ0v) is 10.4. The topological polar surface area (TPSA) is 46.2 Å². The third-order valence-electron chi connectivity index (χ3n) is 2.28. The Bertz CT molecular complexity index is 444. The highest BCUT2D eigenvalue weighted by Gasteiger charge is 2.17. The predicted molar refractivity (Wildman–Crippen MR) is 61.4 cm³/mol. The number of hydrogen-bond donors (Lipinski definition) is 1. The van der Waals surface area contributed by atoms with E-state index in [1.165, 1.54) is 7.05 Å². The molecule has 84 valence electrons. The second kappa shape index (κ2) is 3.94. The predicted octanol–water partition coefficient (Wildman–Crippen LogP) is 1.89. The third-order valence-corrected chi connectivity index (χ3v) is 3.69. The second-order valence-electron chi connectivity index (χ2n) is 4.49. The summed E-state index contributed by atoms with van der Waals surface area (Å²) >= 11 is 0. The van der Waals surface area contributed by atoms with Crippen LogP contribution in [0.15, 0.2) is 29.2 Å². The van der Waals surface area contributed by atoms with Crippen LogP contribution in [0, 0.1) is 0 Å². The smallest absolute Gasteiger partial charge is 0.214 e. The van der Waals surface area contributed by atoms with Crippen LogP contribution in [-0.2, 0) is 15.4 Å². The number of nitrogens with one attached hydrogen (secondary N) is 1. The van der Waals surface area contributed by atoms with Gasteiger partial charge in [-0.05, 0) is 30.2 Å². The van der Waals surface area contributed by atoms with E-state index in [-0.39, 0.29) is 5.41 Å². The van der Waals surface area contributed by atoms with E-state index < -0.39 is 10.0 Å². The van der Waals surface area contributed by atoms with E-state index in [9.17, 15) is 8.42 Å². The Morgan fingerprint density at radius 3 is 2.27 bits per heavy atom. The van der Waals surface area contributed by atoms with Crippen molar-refractivity contribution in [2.24, 2.45) is 0 Å². The maximum absolute atomic E-state index is 11.6. The van der Waals surface area contributed by atoms with Crippen molar-refractivity contribution in [1.82, 2.24) is 4.72 Å². The molecule has 0 bridgehead atoms. The van der Waals surface area contributed by atoms with Gasteiger partial charge in [-0.25, -0.2) is 13.1 Å². The van der Waals surface area contributed by atoms with Gasteiger partial charge in [0.25, 0.3) is 0 Å². The van der Waals surface area contributed by atoms with Crippen LogP contribution in [0.5, 0.6) is 0 Å². The maximum Gasteiger partial charge on any atom is 0.240 e. The van der Waals surface area contributed by atoms with E-state index in [0.29, 0.717) is 4.90 Å². The summed E-state index contributed by atoms with van der Waals surface area (Å²) in [5.74, 6) is 0. The molecule has 15 heavy (non-hydrogen) atoms. The molecule has 0 aliphatic rings. The van der Waals surface area contributed by atoms with Crippen molar-refractivity contribution >= 4 is 10.0 Å². The molecule has 0 aliphatic carbocycles. The highest BCUT2D eigenvalue weighted by atomic mass is 32.2. The summed E-state index contributed by atoms with van der Waals surface area (Å²) in [6, 6.07) is 7.02. The first kappa shape index (κ1) is 12.2. The summed E-state index contributed by atoms with van der Waals surface area (Å²) in [7, 11) is -1.92. The van der Waals surface area contributed by atoms with Crippen molar-refractivity contribution < 1.29 is 8.42 Å². The lowest BCUT2D eigenvalue weighted by Crippen LogP contribution is -2.19. The van der Waals surface area contributed by atoms with Gasteiger partial charge in [0.15, 0.2) is 0 Å². The molecule has 0 saturated heterocycles. The Morgan fingerprint density at radius 2 is 1.80 bits per heavy atom. The molecule has 0 atom stereocenters. The highest BCUT2D eigenvalue weighted by molar-refractivity contribution is 7.89. The zero-order chi connectivity index (χ0) is 11.7. The van der Waals surface area contributed by atoms with Crippen LogP contribution in [0.3, 0.4) is 0 Å². The van der Waals surface area contributed by atoms with E-state index in [1.807, 2.05) is 6.07 Å². The largest absolute Gasteiger partial charge is 0.240 e. The van der Waals surface area contributed by atoms with Crippen LogP contribution in [-0.4, -0.2) is 15.5 Å². The van der Waals surface area contributed by atoms with Gasteiger partial charge in [0.1, 0.15) is 0 Å². The quantitative estimate of drug-likeness (QED) is 0.838. The average Bonchev–Trinajstić information content (AvgIpc) is 2.17. The van der Waals surface area contributed by atoms with Crippen LogP contribution in [0.4, 0.5) is 0 Å². The zero-order valence-electron chi connectivity index (χ0n) is 9.53. The van der Waals surface area contributed by atoms with Gasteiger partial charge >= 0.3 is 0 Å². The van der Waals surface area contributed by atoms with Crippen LogP contribution in [0.1, 0.15) is 26.3 Å². The summed E-state index contributed by atoms with van der Waals surface area (Å²) in [5.41, 5.74) is 0.970. The molecule has 0 spiro atoms. The number of rotatable bonds is 2. The lowest BCUT2D eigenvalue weighted by molar-refractivity contribution is 0.580. The number of hydrogen-bond acceptors (Lipinski definition) is 2. The Hall–Kier alpha value is -0.870. The Labute approximate surface area is 91.6 Å². The van der Waals surface area contributed by atoms with Gasteiger partial charge in [0.2, 0.25) is 10.0 Å². The van der Waals surface area contributed by atoms with Gasteiger partial charge in [0.05, 0.1) is 4.90 Å². The normalized spacial score (nSPS) is 12.8. The SMILES string of the molecule is CNS(=O)(=O)c1cccc(C(C)(C)C)c1. The van der Waals surface area contributed by atoms with Crippen LogP contribution in [0.25, 0.3) is 0 Å². The van der Waals surface area contributed by atoms with Gasteiger partial charge in [-0.1, -0.05) is 32.9 Å². The van der Waals surface area contributed by atoms with E-state index in [0.717, 1.165) is 5.56 Å². The van der Waals surface area contributed by atoms with Gasteiger partial charge in [-0.3, -0.25) is 0 Å². The summed E-state index contributed by atoms with van der Waals surface area (Å²) in [6.07, 6.45) is 0. The minimum absolute atomic E-state index is 0.0424. The average molecular weight is 227 g/mol. The number of sulfonamides is 1. The first-order chi connectivity index (χ1) is 6.77. The van der Waals surface area contributed by atoms with Crippen molar-refractivity contribution in [3.8, 4) is 0 Å². The Morgan fingerprint density at radius 1 is 1.20 bits per heavy atom. The fraction of sp³-hybridized carbons (Fsp3) is 0.455. The molecule has 0 radical (unpaired) electrons. The van der Waals surface area contributed by atoms with Gasteiger partial charge in [0, 0.05) is 0 Å². The van der Waals surface area contributed by atoms with E-state index in [2.05, 4.69) is 25.5 Å². The summed E-state index contributed by atoms with van der Waals surface area (Å²) in [6.45, 7) is 6.16. The maximum atomic E-state index is 11.6. The van der Waals surface area contributed by atoms with Crippen molar-refractivity contribution in [2.45, 2.75) is 31.1 Å². The molecule has 0 heterocycles. The summed E-state index contributed by atoms with van der Waals surface area (Å²) in [5, 5.41) is 0. The van der Waals surface area contributed by atoms with Crippen molar-refractivity contribution in [2.75, 3.05) is 7.05 Å². The second-order valence-corrected chi connectivity index (χ2v) is 6.37. The van der Waals surface area contributed by atoms with Crippen LogP contribution >= 0.6 is 0 Å². The van der Waals surface area contributed by atoms with Crippen molar-refractivity contribution in [1.29, 1.82) is 0 Å². The summed E-state index contributed by atoms with van der Waals surface area (Å²) in [4.78, 5) is 0.317. The highest BCUT2D eigenvalue weighted by Crippen LogP contribution is 2.24. The van der Waals surface area contributed by atoms with Gasteiger partial charge < -0.3 is 0 Å². The molecule has 0 aliphatic heterocycles. The van der Waals surface area contributed by atoms with Gasteiger partial charge in [-0.2, -0.15) is 0 Å². The molecule has 4 heteroatoms. The first-order valence-electron chi connectivity index (χ1n) is 4.81. The summed E-state index contributed by atoms with van der Waals surface area (Å²) < 4.78 is 25.4. The molecule has 0 saturated carbocycles.